The Labute approximate surface area is 184 Å². The molecule has 1 aliphatic heterocycles. The van der Waals surface area contributed by atoms with Gasteiger partial charge in [0, 0.05) is 5.56 Å². The summed E-state index contributed by atoms with van der Waals surface area (Å²) >= 11 is 0. The van der Waals surface area contributed by atoms with Crippen LogP contribution in [0.15, 0.2) is 66.7 Å². The van der Waals surface area contributed by atoms with Crippen LogP contribution < -0.4 is 4.90 Å². The molecule has 6 nitrogen and oxygen atoms in total. The van der Waals surface area contributed by atoms with Gasteiger partial charge in [0.25, 0.3) is 0 Å². The van der Waals surface area contributed by atoms with E-state index >= 15 is 0 Å². The Hall–Kier alpha value is -3.54. The van der Waals surface area contributed by atoms with E-state index in [4.69, 9.17) is 4.74 Å². The molecule has 0 aromatic heterocycles. The normalized spacial score (nSPS) is 31.3. The summed E-state index contributed by atoms with van der Waals surface area (Å²) in [6.07, 6.45) is 5.37. The minimum atomic E-state index is -0.671. The number of amides is 2. The number of Topliss-reactive ketones (excluding diaryl/α,β-unsaturated/α-hetero) is 1. The highest BCUT2D eigenvalue weighted by Gasteiger charge is 2.67. The minimum Gasteiger partial charge on any atom is -0.454 e. The van der Waals surface area contributed by atoms with Crippen molar-refractivity contribution in [3.8, 4) is 0 Å². The summed E-state index contributed by atoms with van der Waals surface area (Å²) in [6, 6.07) is 14.9. The summed E-state index contributed by atoms with van der Waals surface area (Å²) in [7, 11) is 0. The molecular formula is C26H21NO5. The number of ketones is 1. The van der Waals surface area contributed by atoms with Crippen LogP contribution in [0.3, 0.4) is 0 Å². The molecule has 0 spiro atoms. The molecular weight excluding hydrogens is 406 g/mol. The predicted molar refractivity (Wildman–Crippen MR) is 115 cm³/mol. The van der Waals surface area contributed by atoms with Crippen LogP contribution in [0.4, 0.5) is 5.69 Å². The smallest absolute Gasteiger partial charge is 0.338 e. The van der Waals surface area contributed by atoms with E-state index in [-0.39, 0.29) is 53.4 Å². The lowest BCUT2D eigenvalue weighted by Gasteiger charge is -2.37. The molecule has 1 saturated heterocycles. The van der Waals surface area contributed by atoms with Gasteiger partial charge in [0.15, 0.2) is 12.4 Å². The van der Waals surface area contributed by atoms with Gasteiger partial charge in [0.2, 0.25) is 11.8 Å². The SMILES string of the molecule is O=C(COC(=O)c1cccc(N2C(=O)[C@@H]3[C@H]4C=C[C@H]([C@H]5C[C@H]45)[C@@H]3C2=O)c1)c1ccccc1. The van der Waals surface area contributed by atoms with E-state index in [0.717, 1.165) is 6.42 Å². The number of rotatable bonds is 5. The third-order valence-electron chi connectivity index (χ3n) is 7.43. The van der Waals surface area contributed by atoms with Crippen molar-refractivity contribution in [1.82, 2.24) is 0 Å². The number of nitrogens with zero attached hydrogens (tertiary/aromatic N) is 1. The first-order valence-corrected chi connectivity index (χ1v) is 11.0. The van der Waals surface area contributed by atoms with Crippen molar-refractivity contribution >= 4 is 29.3 Å². The Bertz CT molecular complexity index is 1150. The second-order valence-electron chi connectivity index (χ2n) is 9.08. The van der Waals surface area contributed by atoms with E-state index in [2.05, 4.69) is 12.2 Å². The van der Waals surface area contributed by atoms with Crippen LogP contribution in [0.2, 0.25) is 0 Å². The van der Waals surface area contributed by atoms with Crippen LogP contribution in [-0.2, 0) is 14.3 Å². The van der Waals surface area contributed by atoms with Crippen LogP contribution in [0.1, 0.15) is 27.1 Å². The minimum absolute atomic E-state index is 0.147. The molecule has 6 atom stereocenters. The van der Waals surface area contributed by atoms with Gasteiger partial charge in [-0.1, -0.05) is 48.6 Å². The number of ether oxygens (including phenoxy) is 1. The summed E-state index contributed by atoms with van der Waals surface area (Å²) in [6.45, 7) is -0.378. The molecule has 4 aliphatic carbocycles. The Balaban J connectivity index is 1.20. The van der Waals surface area contributed by atoms with Crippen molar-refractivity contribution in [2.75, 3.05) is 11.5 Å². The van der Waals surface area contributed by atoms with Gasteiger partial charge in [-0.05, 0) is 48.3 Å². The molecule has 5 aliphatic rings. The van der Waals surface area contributed by atoms with Crippen LogP contribution in [-0.4, -0.2) is 30.2 Å². The lowest BCUT2D eigenvalue weighted by Crippen LogP contribution is -2.40. The average molecular weight is 427 g/mol. The number of esters is 1. The van der Waals surface area contributed by atoms with Gasteiger partial charge >= 0.3 is 5.97 Å². The number of imide groups is 1. The number of anilines is 1. The van der Waals surface area contributed by atoms with Crippen molar-refractivity contribution in [3.63, 3.8) is 0 Å². The molecule has 0 unspecified atom stereocenters. The molecule has 7 rings (SSSR count). The molecule has 32 heavy (non-hydrogen) atoms. The number of hydrogen-bond acceptors (Lipinski definition) is 5. The molecule has 0 N–H and O–H groups in total. The van der Waals surface area contributed by atoms with Crippen molar-refractivity contribution in [3.05, 3.63) is 77.9 Å². The molecule has 2 aromatic rings. The van der Waals surface area contributed by atoms with E-state index < -0.39 is 5.97 Å². The lowest BCUT2D eigenvalue weighted by molar-refractivity contribution is -0.124. The first-order valence-electron chi connectivity index (χ1n) is 11.0. The molecule has 0 radical (unpaired) electrons. The quantitative estimate of drug-likeness (QED) is 0.317. The molecule has 3 fully saturated rings. The zero-order chi connectivity index (χ0) is 22.0. The third kappa shape index (κ3) is 2.79. The van der Waals surface area contributed by atoms with Crippen LogP contribution in [0.5, 0.6) is 0 Å². The fraction of sp³-hybridized carbons (Fsp3) is 0.308. The maximum Gasteiger partial charge on any atom is 0.338 e. The highest BCUT2D eigenvalue weighted by Crippen LogP contribution is 2.65. The summed E-state index contributed by atoms with van der Waals surface area (Å²) in [5, 5.41) is 0. The van der Waals surface area contributed by atoms with Crippen molar-refractivity contribution in [1.29, 1.82) is 0 Å². The Kier molecular flexibility index (Phi) is 4.18. The Morgan fingerprint density at radius 3 is 2.12 bits per heavy atom. The van der Waals surface area contributed by atoms with Crippen LogP contribution in [0, 0.1) is 35.5 Å². The highest BCUT2D eigenvalue weighted by atomic mass is 16.5. The van der Waals surface area contributed by atoms with Gasteiger partial charge < -0.3 is 4.74 Å². The zero-order valence-corrected chi connectivity index (χ0v) is 17.2. The second kappa shape index (κ2) is 6.99. The fourth-order valence-corrected chi connectivity index (χ4v) is 5.91. The first kappa shape index (κ1) is 19.2. The van der Waals surface area contributed by atoms with Crippen LogP contribution in [0.25, 0.3) is 0 Å². The predicted octanol–water partition coefficient (Wildman–Crippen LogP) is 3.28. The van der Waals surface area contributed by atoms with E-state index in [1.165, 1.54) is 11.0 Å². The standard InChI is InChI=1S/C26H21NO5/c28-21(14-5-2-1-3-6-14)13-32-26(31)15-7-4-8-16(11-15)27-24(29)22-17-9-10-18(20-12-19(17)20)23(22)25(27)30/h1-11,17-20,22-23H,12-13H2/t17-,18+,19-,20-,22+,23-/m1/s1. The lowest BCUT2D eigenvalue weighted by atomic mass is 9.63. The molecule has 2 aromatic carbocycles. The third-order valence-corrected chi connectivity index (χ3v) is 7.43. The maximum atomic E-state index is 13.3. The zero-order valence-electron chi connectivity index (χ0n) is 17.2. The molecule has 2 saturated carbocycles. The van der Waals surface area contributed by atoms with Gasteiger partial charge in [-0.15, -0.1) is 0 Å². The molecule has 1 heterocycles. The molecule has 2 amide bonds. The van der Waals surface area contributed by atoms with Gasteiger partial charge in [-0.25, -0.2) is 9.69 Å². The molecule has 160 valence electrons. The molecule has 6 heteroatoms. The summed E-state index contributed by atoms with van der Waals surface area (Å²) in [5.41, 5.74) is 1.04. The van der Waals surface area contributed by atoms with E-state index in [9.17, 15) is 19.2 Å². The number of hydrogen-bond donors (Lipinski definition) is 0. The van der Waals surface area contributed by atoms with E-state index in [0.29, 0.717) is 23.1 Å². The Morgan fingerprint density at radius 2 is 1.47 bits per heavy atom. The number of benzene rings is 2. The number of carbonyl (C=O) groups is 4. The van der Waals surface area contributed by atoms with E-state index in [1.807, 2.05) is 0 Å². The van der Waals surface area contributed by atoms with Crippen molar-refractivity contribution in [2.45, 2.75) is 6.42 Å². The highest BCUT2D eigenvalue weighted by molar-refractivity contribution is 6.23. The van der Waals surface area contributed by atoms with Gasteiger partial charge in [-0.3, -0.25) is 14.4 Å². The fourth-order valence-electron chi connectivity index (χ4n) is 5.91. The van der Waals surface area contributed by atoms with Crippen molar-refractivity contribution in [2.24, 2.45) is 35.5 Å². The maximum absolute atomic E-state index is 13.3. The van der Waals surface area contributed by atoms with Gasteiger partial charge in [0.05, 0.1) is 23.1 Å². The summed E-state index contributed by atoms with van der Waals surface area (Å²) < 4.78 is 5.19. The first-order chi connectivity index (χ1) is 15.5. The van der Waals surface area contributed by atoms with E-state index in [1.54, 1.807) is 48.5 Å². The topological polar surface area (TPSA) is 80.8 Å². The van der Waals surface area contributed by atoms with Gasteiger partial charge in [0.1, 0.15) is 0 Å². The second-order valence-corrected chi connectivity index (χ2v) is 9.08. The molecule has 2 bridgehead atoms. The number of allylic oxidation sites excluding steroid dienone is 2. The van der Waals surface area contributed by atoms with Crippen LogP contribution >= 0.6 is 0 Å². The largest absolute Gasteiger partial charge is 0.454 e. The average Bonchev–Trinajstić information content (AvgIpc) is 3.61. The van der Waals surface area contributed by atoms with Crippen molar-refractivity contribution < 1.29 is 23.9 Å². The van der Waals surface area contributed by atoms with Gasteiger partial charge in [-0.2, -0.15) is 0 Å². The monoisotopic (exact) mass is 427 g/mol. The summed E-state index contributed by atoms with van der Waals surface area (Å²) in [4.78, 5) is 52.5. The summed E-state index contributed by atoms with van der Waals surface area (Å²) in [5.74, 6) is -0.536. The Morgan fingerprint density at radius 1 is 0.844 bits per heavy atom. The number of carbonyl (C=O) groups excluding carboxylic acids is 4.